The summed E-state index contributed by atoms with van der Waals surface area (Å²) in [5.41, 5.74) is 3.77. The molecule has 0 aliphatic carbocycles. The van der Waals surface area contributed by atoms with E-state index in [0.29, 0.717) is 0 Å². The predicted octanol–water partition coefficient (Wildman–Crippen LogP) is 2.77. The third kappa shape index (κ3) is 2.78. The first-order valence-electron chi connectivity index (χ1n) is 7.07. The number of nitrogens with one attached hydrogen (secondary N) is 1. The van der Waals surface area contributed by atoms with Gasteiger partial charge in [-0.05, 0) is 35.4 Å². The number of piperazine rings is 1. The zero-order valence-electron chi connectivity index (χ0n) is 11.8. The first-order valence-corrected chi connectivity index (χ1v) is 7.07. The van der Waals surface area contributed by atoms with E-state index in [4.69, 9.17) is 4.74 Å². The van der Waals surface area contributed by atoms with Gasteiger partial charge < -0.3 is 15.0 Å². The van der Waals surface area contributed by atoms with Crippen molar-refractivity contribution in [2.45, 2.75) is 0 Å². The molecule has 0 amide bonds. The normalized spacial score (nSPS) is 15.2. The fraction of sp³-hybridized carbons (Fsp3) is 0.294. The molecule has 2 aromatic carbocycles. The summed E-state index contributed by atoms with van der Waals surface area (Å²) >= 11 is 0. The standard InChI is InChI=1S/C17H20N2O/c1-20-17-8-4-15(5-9-17)14-2-6-16(7-3-14)19-12-10-18-11-13-19/h2-9,18H,10-13H2,1H3. The first-order chi connectivity index (χ1) is 9.86. The fourth-order valence-electron chi connectivity index (χ4n) is 2.57. The van der Waals surface area contributed by atoms with E-state index in [1.165, 1.54) is 16.8 Å². The predicted molar refractivity (Wildman–Crippen MR) is 83.5 cm³/mol. The maximum absolute atomic E-state index is 5.19. The molecule has 0 aromatic heterocycles. The Kier molecular flexibility index (Phi) is 3.88. The number of hydrogen-bond acceptors (Lipinski definition) is 3. The number of ether oxygens (including phenoxy) is 1. The van der Waals surface area contributed by atoms with Crippen LogP contribution in [-0.2, 0) is 0 Å². The Bertz CT molecular complexity index is 542. The van der Waals surface area contributed by atoms with Crippen molar-refractivity contribution in [1.82, 2.24) is 5.32 Å². The molecule has 1 aliphatic rings. The molecule has 3 heteroatoms. The lowest BCUT2D eigenvalue weighted by atomic mass is 10.0. The summed E-state index contributed by atoms with van der Waals surface area (Å²) in [6.45, 7) is 4.31. The molecule has 1 heterocycles. The Hall–Kier alpha value is -2.00. The SMILES string of the molecule is COc1ccc(-c2ccc(N3CCNCC3)cc2)cc1. The van der Waals surface area contributed by atoms with Crippen LogP contribution in [0.2, 0.25) is 0 Å². The second kappa shape index (κ2) is 5.97. The van der Waals surface area contributed by atoms with Crippen LogP contribution in [-0.4, -0.2) is 33.3 Å². The summed E-state index contributed by atoms with van der Waals surface area (Å²) < 4.78 is 5.19. The van der Waals surface area contributed by atoms with Crippen molar-refractivity contribution in [3.8, 4) is 16.9 Å². The Morgan fingerprint density at radius 3 is 1.95 bits per heavy atom. The molecule has 0 bridgehead atoms. The number of rotatable bonds is 3. The van der Waals surface area contributed by atoms with Gasteiger partial charge in [0.1, 0.15) is 5.75 Å². The molecule has 3 nitrogen and oxygen atoms in total. The molecule has 0 radical (unpaired) electrons. The van der Waals surface area contributed by atoms with Crippen molar-refractivity contribution >= 4 is 5.69 Å². The average Bonchev–Trinajstić information content (AvgIpc) is 2.56. The van der Waals surface area contributed by atoms with Crippen LogP contribution in [0, 0.1) is 0 Å². The van der Waals surface area contributed by atoms with Crippen molar-refractivity contribution in [3.05, 3.63) is 48.5 Å². The molecule has 20 heavy (non-hydrogen) atoms. The zero-order valence-corrected chi connectivity index (χ0v) is 11.8. The summed E-state index contributed by atoms with van der Waals surface area (Å²) in [6, 6.07) is 17.0. The third-order valence-corrected chi connectivity index (χ3v) is 3.77. The van der Waals surface area contributed by atoms with Crippen LogP contribution < -0.4 is 15.0 Å². The van der Waals surface area contributed by atoms with Crippen molar-refractivity contribution in [3.63, 3.8) is 0 Å². The van der Waals surface area contributed by atoms with Crippen LogP contribution in [0.15, 0.2) is 48.5 Å². The lowest BCUT2D eigenvalue weighted by molar-refractivity contribution is 0.415. The highest BCUT2D eigenvalue weighted by Crippen LogP contribution is 2.25. The smallest absolute Gasteiger partial charge is 0.118 e. The minimum absolute atomic E-state index is 0.895. The van der Waals surface area contributed by atoms with Gasteiger partial charge in [0.15, 0.2) is 0 Å². The van der Waals surface area contributed by atoms with Gasteiger partial charge in [0.25, 0.3) is 0 Å². The lowest BCUT2D eigenvalue weighted by Crippen LogP contribution is -2.43. The van der Waals surface area contributed by atoms with Crippen molar-refractivity contribution < 1.29 is 4.74 Å². The number of hydrogen-bond donors (Lipinski definition) is 1. The lowest BCUT2D eigenvalue weighted by Gasteiger charge is -2.29. The Labute approximate surface area is 120 Å². The highest BCUT2D eigenvalue weighted by atomic mass is 16.5. The summed E-state index contributed by atoms with van der Waals surface area (Å²) in [7, 11) is 1.69. The van der Waals surface area contributed by atoms with Gasteiger partial charge in [-0.15, -0.1) is 0 Å². The fourth-order valence-corrected chi connectivity index (χ4v) is 2.57. The van der Waals surface area contributed by atoms with Gasteiger partial charge in [0.2, 0.25) is 0 Å². The Morgan fingerprint density at radius 2 is 1.40 bits per heavy atom. The van der Waals surface area contributed by atoms with Crippen molar-refractivity contribution in [2.24, 2.45) is 0 Å². The first kappa shape index (κ1) is 13.0. The molecule has 104 valence electrons. The van der Waals surface area contributed by atoms with Gasteiger partial charge in [-0.1, -0.05) is 24.3 Å². The van der Waals surface area contributed by atoms with Gasteiger partial charge in [0.05, 0.1) is 7.11 Å². The van der Waals surface area contributed by atoms with Gasteiger partial charge in [0, 0.05) is 31.9 Å². The van der Waals surface area contributed by atoms with E-state index in [1.54, 1.807) is 7.11 Å². The van der Waals surface area contributed by atoms with Gasteiger partial charge >= 0.3 is 0 Å². The second-order valence-corrected chi connectivity index (χ2v) is 5.01. The molecule has 3 rings (SSSR count). The Morgan fingerprint density at radius 1 is 0.850 bits per heavy atom. The Balaban J connectivity index is 1.77. The number of benzene rings is 2. The highest BCUT2D eigenvalue weighted by molar-refractivity contribution is 5.67. The molecule has 1 fully saturated rings. The topological polar surface area (TPSA) is 24.5 Å². The van der Waals surface area contributed by atoms with Crippen LogP contribution in [0.25, 0.3) is 11.1 Å². The van der Waals surface area contributed by atoms with Gasteiger partial charge in [-0.3, -0.25) is 0 Å². The van der Waals surface area contributed by atoms with E-state index in [9.17, 15) is 0 Å². The van der Waals surface area contributed by atoms with Gasteiger partial charge in [-0.25, -0.2) is 0 Å². The highest BCUT2D eigenvalue weighted by Gasteiger charge is 2.10. The van der Waals surface area contributed by atoms with E-state index in [1.807, 2.05) is 12.1 Å². The molecule has 0 atom stereocenters. The molecule has 1 N–H and O–H groups in total. The monoisotopic (exact) mass is 268 g/mol. The van der Waals surface area contributed by atoms with Crippen LogP contribution >= 0.6 is 0 Å². The summed E-state index contributed by atoms with van der Waals surface area (Å²) in [5, 5.41) is 3.38. The quantitative estimate of drug-likeness (QED) is 0.926. The summed E-state index contributed by atoms with van der Waals surface area (Å²) in [5.74, 6) is 0.895. The number of nitrogens with zero attached hydrogens (tertiary/aromatic N) is 1. The maximum Gasteiger partial charge on any atom is 0.118 e. The van der Waals surface area contributed by atoms with Crippen LogP contribution in [0.5, 0.6) is 5.75 Å². The van der Waals surface area contributed by atoms with E-state index < -0.39 is 0 Å². The zero-order chi connectivity index (χ0) is 13.8. The average molecular weight is 268 g/mol. The van der Waals surface area contributed by atoms with Crippen LogP contribution in [0.3, 0.4) is 0 Å². The third-order valence-electron chi connectivity index (χ3n) is 3.77. The number of methoxy groups -OCH3 is 1. The van der Waals surface area contributed by atoms with E-state index in [0.717, 1.165) is 31.9 Å². The molecule has 1 saturated heterocycles. The molecular weight excluding hydrogens is 248 g/mol. The molecule has 1 aliphatic heterocycles. The molecule has 0 saturated carbocycles. The minimum atomic E-state index is 0.895. The van der Waals surface area contributed by atoms with E-state index in [2.05, 4.69) is 46.6 Å². The second-order valence-electron chi connectivity index (χ2n) is 5.01. The number of anilines is 1. The molecule has 0 unspecified atom stereocenters. The van der Waals surface area contributed by atoms with E-state index in [-0.39, 0.29) is 0 Å². The van der Waals surface area contributed by atoms with Crippen LogP contribution in [0.1, 0.15) is 0 Å². The largest absolute Gasteiger partial charge is 0.497 e. The summed E-state index contributed by atoms with van der Waals surface area (Å²) in [6.07, 6.45) is 0. The summed E-state index contributed by atoms with van der Waals surface area (Å²) in [4.78, 5) is 2.42. The maximum atomic E-state index is 5.19. The van der Waals surface area contributed by atoms with E-state index >= 15 is 0 Å². The van der Waals surface area contributed by atoms with Gasteiger partial charge in [-0.2, -0.15) is 0 Å². The van der Waals surface area contributed by atoms with Crippen molar-refractivity contribution in [1.29, 1.82) is 0 Å². The molecular formula is C17H20N2O. The molecule has 2 aromatic rings. The van der Waals surface area contributed by atoms with Crippen LogP contribution in [0.4, 0.5) is 5.69 Å². The van der Waals surface area contributed by atoms with Crippen molar-refractivity contribution in [2.75, 3.05) is 38.2 Å². The molecule has 0 spiro atoms. The minimum Gasteiger partial charge on any atom is -0.497 e.